The van der Waals surface area contributed by atoms with E-state index in [4.69, 9.17) is 16.3 Å². The summed E-state index contributed by atoms with van der Waals surface area (Å²) in [5, 5.41) is 7.28. The molecule has 5 N–H and O–H groups in total. The molecule has 1 aromatic heterocycles. The number of carbonyl (C=O) groups is 1. The highest BCUT2D eigenvalue weighted by molar-refractivity contribution is 5.90. The smallest absolute Gasteiger partial charge is 0.270 e. The maximum Gasteiger partial charge on any atom is 0.270 e. The van der Waals surface area contributed by atoms with Crippen molar-refractivity contribution in [2.75, 3.05) is 19.8 Å². The zero-order valence-corrected chi connectivity index (χ0v) is 8.22. The van der Waals surface area contributed by atoms with E-state index in [0.29, 0.717) is 26.3 Å². The fraction of sp³-hybridized carbons (Fsp3) is 0.571. The van der Waals surface area contributed by atoms with Gasteiger partial charge in [0.15, 0.2) is 5.69 Å². The molecule has 0 aliphatic heterocycles. The summed E-state index contributed by atoms with van der Waals surface area (Å²) >= 11 is 0. The molecule has 1 amide bonds. The van der Waals surface area contributed by atoms with Gasteiger partial charge in [0.1, 0.15) is 0 Å². The van der Waals surface area contributed by atoms with Crippen LogP contribution in [-0.2, 0) is 11.3 Å². The highest BCUT2D eigenvalue weighted by atomic mass is 16.5. The monoisotopic (exact) mass is 214 g/mol. The van der Waals surface area contributed by atoms with Crippen molar-refractivity contribution in [3.8, 4) is 0 Å². The normalized spacial score (nSPS) is 10.5. The Bertz CT molecular complexity index is 312. The first-order chi connectivity index (χ1) is 7.24. The molecule has 0 unspecified atom stereocenters. The molecule has 8 nitrogen and oxygen atoms in total. The number of amides is 1. The largest absolute Gasteiger partial charge is 0.378 e. The topological polar surface area (TPSA) is 121 Å². The van der Waals surface area contributed by atoms with Gasteiger partial charge in [-0.15, -0.1) is 5.10 Å². The third kappa shape index (κ3) is 4.02. The second-order valence-corrected chi connectivity index (χ2v) is 2.80. The third-order valence-corrected chi connectivity index (χ3v) is 1.65. The summed E-state index contributed by atoms with van der Waals surface area (Å²) in [5.74, 6) is 4.46. The van der Waals surface area contributed by atoms with Crippen molar-refractivity contribution in [2.24, 2.45) is 11.6 Å². The number of hydrogen-bond acceptors (Lipinski definition) is 6. The predicted molar refractivity (Wildman–Crippen MR) is 51.5 cm³/mol. The molecule has 0 saturated carbocycles. The number of primary amides is 1. The van der Waals surface area contributed by atoms with Crippen molar-refractivity contribution >= 4 is 5.91 Å². The fourth-order valence-corrected chi connectivity index (χ4v) is 0.912. The lowest BCUT2D eigenvalue weighted by molar-refractivity contribution is 0.0995. The zero-order chi connectivity index (χ0) is 11.1. The minimum atomic E-state index is -0.588. The molecule has 0 aliphatic rings. The molecule has 1 aromatic rings. The SMILES string of the molecule is NNCCOCCn1cc(C(N)=O)nn1. The van der Waals surface area contributed by atoms with E-state index in [0.717, 1.165) is 0 Å². The number of carbonyl (C=O) groups excluding carboxylic acids is 1. The van der Waals surface area contributed by atoms with Gasteiger partial charge in [-0.3, -0.25) is 16.1 Å². The molecule has 0 fully saturated rings. The van der Waals surface area contributed by atoms with E-state index in [1.54, 1.807) is 0 Å². The van der Waals surface area contributed by atoms with E-state index >= 15 is 0 Å². The maximum atomic E-state index is 10.7. The van der Waals surface area contributed by atoms with E-state index < -0.39 is 5.91 Å². The number of hydrogen-bond donors (Lipinski definition) is 3. The summed E-state index contributed by atoms with van der Waals surface area (Å²) in [6, 6.07) is 0. The van der Waals surface area contributed by atoms with Gasteiger partial charge in [0, 0.05) is 6.54 Å². The molecule has 0 saturated heterocycles. The highest BCUT2D eigenvalue weighted by Crippen LogP contribution is 1.91. The lowest BCUT2D eigenvalue weighted by Gasteiger charge is -2.02. The summed E-state index contributed by atoms with van der Waals surface area (Å²) < 4.78 is 6.70. The Morgan fingerprint density at radius 2 is 2.40 bits per heavy atom. The number of aromatic nitrogens is 3. The number of rotatable bonds is 7. The van der Waals surface area contributed by atoms with Gasteiger partial charge in [0.05, 0.1) is 26.0 Å². The van der Waals surface area contributed by atoms with Gasteiger partial charge < -0.3 is 10.5 Å². The molecule has 0 radical (unpaired) electrons. The number of nitrogens with one attached hydrogen (secondary N) is 1. The summed E-state index contributed by atoms with van der Waals surface area (Å²) in [7, 11) is 0. The first-order valence-electron chi connectivity index (χ1n) is 4.45. The van der Waals surface area contributed by atoms with Crippen LogP contribution in [0, 0.1) is 0 Å². The van der Waals surface area contributed by atoms with Crippen LogP contribution in [0.3, 0.4) is 0 Å². The Balaban J connectivity index is 2.23. The van der Waals surface area contributed by atoms with Gasteiger partial charge in [-0.25, -0.2) is 4.68 Å². The van der Waals surface area contributed by atoms with Crippen molar-refractivity contribution in [3.63, 3.8) is 0 Å². The van der Waals surface area contributed by atoms with Gasteiger partial charge in [-0.1, -0.05) is 5.21 Å². The van der Waals surface area contributed by atoms with Crippen molar-refractivity contribution in [1.29, 1.82) is 0 Å². The van der Waals surface area contributed by atoms with Crippen molar-refractivity contribution in [3.05, 3.63) is 11.9 Å². The molecule has 0 bridgehead atoms. The van der Waals surface area contributed by atoms with Crippen LogP contribution in [0.1, 0.15) is 10.5 Å². The number of hydrazine groups is 1. The summed E-state index contributed by atoms with van der Waals surface area (Å²) in [6.45, 7) is 2.10. The molecular formula is C7H14N6O2. The van der Waals surface area contributed by atoms with Crippen LogP contribution in [-0.4, -0.2) is 40.7 Å². The molecule has 15 heavy (non-hydrogen) atoms. The minimum Gasteiger partial charge on any atom is -0.378 e. The quantitative estimate of drug-likeness (QED) is 0.270. The van der Waals surface area contributed by atoms with Gasteiger partial charge in [-0.05, 0) is 0 Å². The van der Waals surface area contributed by atoms with Crippen molar-refractivity contribution in [2.45, 2.75) is 6.54 Å². The Labute approximate surface area is 86.5 Å². The lowest BCUT2D eigenvalue weighted by Crippen LogP contribution is -2.26. The summed E-state index contributed by atoms with van der Waals surface area (Å²) in [5.41, 5.74) is 7.63. The molecule has 0 aliphatic carbocycles. The third-order valence-electron chi connectivity index (χ3n) is 1.65. The molecule has 0 aromatic carbocycles. The Hall–Kier alpha value is -1.51. The standard InChI is InChI=1S/C7H14N6O2/c8-7(14)6-5-13(12-11-6)2-4-15-3-1-10-9/h5,10H,1-4,9H2,(H2,8,14). The minimum absolute atomic E-state index is 0.152. The molecular weight excluding hydrogens is 200 g/mol. The predicted octanol–water partition coefficient (Wildman–Crippen LogP) is -2.14. The average Bonchev–Trinajstić information content (AvgIpc) is 2.66. The first kappa shape index (κ1) is 11.6. The van der Waals surface area contributed by atoms with Gasteiger partial charge in [0.25, 0.3) is 5.91 Å². The molecule has 0 spiro atoms. The van der Waals surface area contributed by atoms with Gasteiger partial charge in [0.2, 0.25) is 0 Å². The second-order valence-electron chi connectivity index (χ2n) is 2.80. The second kappa shape index (κ2) is 6.06. The molecule has 8 heteroatoms. The Morgan fingerprint density at radius 1 is 1.60 bits per heavy atom. The van der Waals surface area contributed by atoms with E-state index in [1.165, 1.54) is 10.9 Å². The first-order valence-corrected chi connectivity index (χ1v) is 4.45. The summed E-state index contributed by atoms with van der Waals surface area (Å²) in [4.78, 5) is 10.7. The van der Waals surface area contributed by atoms with E-state index in [-0.39, 0.29) is 5.69 Å². The van der Waals surface area contributed by atoms with Crippen LogP contribution < -0.4 is 17.0 Å². The van der Waals surface area contributed by atoms with Crippen LogP contribution in [0.15, 0.2) is 6.20 Å². The average molecular weight is 214 g/mol. The van der Waals surface area contributed by atoms with Crippen LogP contribution in [0.25, 0.3) is 0 Å². The fourth-order valence-electron chi connectivity index (χ4n) is 0.912. The van der Waals surface area contributed by atoms with E-state index in [2.05, 4.69) is 15.7 Å². The van der Waals surface area contributed by atoms with Crippen LogP contribution in [0.5, 0.6) is 0 Å². The zero-order valence-electron chi connectivity index (χ0n) is 8.22. The lowest BCUT2D eigenvalue weighted by atomic mass is 10.5. The maximum absolute atomic E-state index is 10.7. The van der Waals surface area contributed by atoms with Crippen LogP contribution >= 0.6 is 0 Å². The number of ether oxygens (including phenoxy) is 1. The van der Waals surface area contributed by atoms with Crippen molar-refractivity contribution in [1.82, 2.24) is 20.4 Å². The van der Waals surface area contributed by atoms with Crippen molar-refractivity contribution < 1.29 is 9.53 Å². The van der Waals surface area contributed by atoms with Crippen LogP contribution in [0.2, 0.25) is 0 Å². The number of nitrogens with two attached hydrogens (primary N) is 2. The molecule has 1 rings (SSSR count). The number of nitrogens with zero attached hydrogens (tertiary/aromatic N) is 3. The summed E-state index contributed by atoms with van der Waals surface area (Å²) in [6.07, 6.45) is 1.48. The van der Waals surface area contributed by atoms with Gasteiger partial charge >= 0.3 is 0 Å². The van der Waals surface area contributed by atoms with Gasteiger partial charge in [-0.2, -0.15) is 0 Å². The van der Waals surface area contributed by atoms with Crippen LogP contribution in [0.4, 0.5) is 0 Å². The highest BCUT2D eigenvalue weighted by Gasteiger charge is 2.05. The van der Waals surface area contributed by atoms with E-state index in [9.17, 15) is 4.79 Å². The Kier molecular flexibility index (Phi) is 4.68. The Morgan fingerprint density at radius 3 is 3.00 bits per heavy atom. The molecule has 84 valence electrons. The molecule has 1 heterocycles. The van der Waals surface area contributed by atoms with E-state index in [1.807, 2.05) is 0 Å². The molecule has 0 atom stereocenters.